The highest BCUT2D eigenvalue weighted by molar-refractivity contribution is 5.40. The Morgan fingerprint density at radius 2 is 1.74 bits per heavy atom. The Balaban J connectivity index is 1.58. The lowest BCUT2D eigenvalue weighted by atomic mass is 9.73. The van der Waals surface area contributed by atoms with Crippen LogP contribution in [0.2, 0.25) is 0 Å². The molecule has 106 valence electrons. The second-order valence-electron chi connectivity index (χ2n) is 5.99. The molecule has 1 N–H and O–H groups in total. The zero-order valence-electron chi connectivity index (χ0n) is 12.3. The van der Waals surface area contributed by atoms with Gasteiger partial charge in [0.1, 0.15) is 0 Å². The van der Waals surface area contributed by atoms with E-state index in [1.165, 1.54) is 56.1 Å². The van der Waals surface area contributed by atoms with Gasteiger partial charge in [0.15, 0.2) is 0 Å². The van der Waals surface area contributed by atoms with Crippen molar-refractivity contribution in [3.8, 4) is 0 Å². The number of hydrogen-bond acceptors (Lipinski definition) is 1. The fourth-order valence-electron chi connectivity index (χ4n) is 3.15. The van der Waals surface area contributed by atoms with E-state index in [0.717, 1.165) is 12.8 Å². The summed E-state index contributed by atoms with van der Waals surface area (Å²) in [5.74, 6) is 0.413. The number of aliphatic hydroxyl groups is 1. The molecule has 0 radical (unpaired) electrons. The monoisotopic (exact) mass is 260 g/mol. The molecule has 0 aliphatic heterocycles. The lowest BCUT2D eigenvalue weighted by Crippen LogP contribution is -2.28. The predicted molar refractivity (Wildman–Crippen MR) is 81.5 cm³/mol. The molecule has 2 unspecified atom stereocenters. The molecule has 0 spiro atoms. The molecular formula is C18H28O. The Labute approximate surface area is 118 Å². The molecule has 1 nitrogen and oxygen atoms in total. The molecule has 2 atom stereocenters. The van der Waals surface area contributed by atoms with Crippen LogP contribution in [0.3, 0.4) is 0 Å². The second-order valence-corrected chi connectivity index (χ2v) is 5.99. The van der Waals surface area contributed by atoms with Gasteiger partial charge in [-0.1, -0.05) is 76.1 Å². The Morgan fingerprint density at radius 1 is 1.05 bits per heavy atom. The third kappa shape index (κ3) is 4.07. The summed E-state index contributed by atoms with van der Waals surface area (Å²) < 4.78 is 0. The lowest BCUT2D eigenvalue weighted by Gasteiger charge is -2.34. The van der Waals surface area contributed by atoms with Crippen LogP contribution in [-0.4, -0.2) is 11.2 Å². The van der Waals surface area contributed by atoms with Crippen LogP contribution in [0.1, 0.15) is 75.3 Å². The van der Waals surface area contributed by atoms with Gasteiger partial charge in [0.25, 0.3) is 0 Å². The minimum atomic E-state index is -0.120. The molecule has 0 fully saturated rings. The molecule has 1 aliphatic rings. The Hall–Kier alpha value is -0.820. The van der Waals surface area contributed by atoms with Crippen molar-refractivity contribution in [1.82, 2.24) is 0 Å². The Bertz CT molecular complexity index is 372. The summed E-state index contributed by atoms with van der Waals surface area (Å²) in [4.78, 5) is 0. The quantitative estimate of drug-likeness (QED) is 0.631. The lowest BCUT2D eigenvalue weighted by molar-refractivity contribution is 0.120. The summed E-state index contributed by atoms with van der Waals surface area (Å²) in [5.41, 5.74) is 2.82. The van der Waals surface area contributed by atoms with Crippen LogP contribution >= 0.6 is 0 Å². The fraction of sp³-hybridized carbons (Fsp3) is 0.667. The predicted octanol–water partition coefficient (Wildman–Crippen LogP) is 4.83. The Kier molecular flexibility index (Phi) is 5.91. The van der Waals surface area contributed by atoms with E-state index in [-0.39, 0.29) is 6.10 Å². The van der Waals surface area contributed by atoms with Crippen LogP contribution in [0.25, 0.3) is 0 Å². The molecule has 0 saturated heterocycles. The third-order valence-electron chi connectivity index (χ3n) is 4.46. The highest BCUT2D eigenvalue weighted by Gasteiger charge is 2.30. The van der Waals surface area contributed by atoms with Crippen molar-refractivity contribution < 1.29 is 5.11 Å². The van der Waals surface area contributed by atoms with E-state index in [9.17, 15) is 5.11 Å². The molecule has 0 amide bonds. The van der Waals surface area contributed by atoms with Crippen molar-refractivity contribution in [3.05, 3.63) is 35.4 Å². The first-order valence-electron chi connectivity index (χ1n) is 8.08. The summed E-state index contributed by atoms with van der Waals surface area (Å²) in [5, 5.41) is 10.3. The average molecular weight is 260 g/mol. The van der Waals surface area contributed by atoms with Gasteiger partial charge in [-0.2, -0.15) is 0 Å². The molecule has 0 heterocycles. The smallest absolute Gasteiger partial charge is 0.0612 e. The van der Waals surface area contributed by atoms with E-state index in [1.54, 1.807) is 0 Å². The molecule has 1 aromatic rings. The first-order valence-corrected chi connectivity index (χ1v) is 8.08. The number of benzene rings is 1. The van der Waals surface area contributed by atoms with E-state index in [0.29, 0.717) is 5.92 Å². The van der Waals surface area contributed by atoms with Gasteiger partial charge in [-0.25, -0.2) is 0 Å². The minimum Gasteiger partial charge on any atom is -0.392 e. The molecule has 2 rings (SSSR count). The summed E-state index contributed by atoms with van der Waals surface area (Å²) >= 11 is 0. The Morgan fingerprint density at radius 3 is 2.47 bits per heavy atom. The topological polar surface area (TPSA) is 20.2 Å². The van der Waals surface area contributed by atoms with Crippen LogP contribution in [0.5, 0.6) is 0 Å². The average Bonchev–Trinajstić information content (AvgIpc) is 2.39. The van der Waals surface area contributed by atoms with Crippen LogP contribution in [0.15, 0.2) is 24.3 Å². The maximum Gasteiger partial charge on any atom is 0.0612 e. The molecule has 1 aliphatic carbocycles. The van der Waals surface area contributed by atoms with Gasteiger partial charge >= 0.3 is 0 Å². The second kappa shape index (κ2) is 7.69. The van der Waals surface area contributed by atoms with E-state index in [1.807, 2.05) is 0 Å². The first kappa shape index (κ1) is 14.6. The van der Waals surface area contributed by atoms with Crippen LogP contribution < -0.4 is 0 Å². The van der Waals surface area contributed by atoms with E-state index >= 15 is 0 Å². The van der Waals surface area contributed by atoms with E-state index in [2.05, 4.69) is 31.2 Å². The first-order chi connectivity index (χ1) is 9.33. The van der Waals surface area contributed by atoms with Crippen molar-refractivity contribution in [1.29, 1.82) is 0 Å². The molecule has 0 aromatic heterocycles. The number of rotatable bonds is 9. The summed E-state index contributed by atoms with van der Waals surface area (Å²) in [6, 6.07) is 8.55. The molecule has 0 saturated carbocycles. The van der Waals surface area contributed by atoms with Gasteiger partial charge < -0.3 is 5.11 Å². The minimum absolute atomic E-state index is 0.120. The maximum absolute atomic E-state index is 10.3. The van der Waals surface area contributed by atoms with E-state index < -0.39 is 0 Å². The summed E-state index contributed by atoms with van der Waals surface area (Å²) in [7, 11) is 0. The SMILES string of the molecule is CCCCCCCCCC(O)C1Cc2ccccc21. The number of unbranched alkanes of at least 4 members (excludes halogenated alkanes) is 6. The van der Waals surface area contributed by atoms with Crippen LogP contribution in [0, 0.1) is 0 Å². The molecule has 0 bridgehead atoms. The van der Waals surface area contributed by atoms with Crippen molar-refractivity contribution in [3.63, 3.8) is 0 Å². The molecular weight excluding hydrogens is 232 g/mol. The van der Waals surface area contributed by atoms with Crippen molar-refractivity contribution in [2.24, 2.45) is 0 Å². The van der Waals surface area contributed by atoms with Gasteiger partial charge in [-0.15, -0.1) is 0 Å². The van der Waals surface area contributed by atoms with Gasteiger partial charge in [-0.3, -0.25) is 0 Å². The van der Waals surface area contributed by atoms with Gasteiger partial charge in [-0.05, 0) is 24.0 Å². The standard InChI is InChI=1S/C18H28O/c1-2-3-4-5-6-7-8-13-18(19)17-14-15-11-9-10-12-16(15)17/h9-12,17-19H,2-8,13-14H2,1H3. The summed E-state index contributed by atoms with van der Waals surface area (Å²) in [6.45, 7) is 2.26. The maximum atomic E-state index is 10.3. The molecule has 1 heteroatoms. The van der Waals surface area contributed by atoms with Crippen molar-refractivity contribution in [2.75, 3.05) is 0 Å². The van der Waals surface area contributed by atoms with Crippen molar-refractivity contribution in [2.45, 2.75) is 76.7 Å². The van der Waals surface area contributed by atoms with Gasteiger partial charge in [0.2, 0.25) is 0 Å². The molecule has 19 heavy (non-hydrogen) atoms. The fourth-order valence-corrected chi connectivity index (χ4v) is 3.15. The van der Waals surface area contributed by atoms with E-state index in [4.69, 9.17) is 0 Å². The van der Waals surface area contributed by atoms with Gasteiger partial charge in [0, 0.05) is 5.92 Å². The van der Waals surface area contributed by atoms with Crippen LogP contribution in [0.4, 0.5) is 0 Å². The van der Waals surface area contributed by atoms with Crippen molar-refractivity contribution >= 4 is 0 Å². The summed E-state index contributed by atoms with van der Waals surface area (Å²) in [6.07, 6.45) is 11.2. The largest absolute Gasteiger partial charge is 0.392 e. The zero-order valence-corrected chi connectivity index (χ0v) is 12.3. The third-order valence-corrected chi connectivity index (χ3v) is 4.46. The number of fused-ring (bicyclic) bond motifs is 1. The normalized spacial score (nSPS) is 18.7. The highest BCUT2D eigenvalue weighted by Crippen LogP contribution is 2.38. The molecule has 1 aromatic carbocycles. The highest BCUT2D eigenvalue weighted by atomic mass is 16.3. The van der Waals surface area contributed by atoms with Crippen LogP contribution in [-0.2, 0) is 6.42 Å². The van der Waals surface area contributed by atoms with Gasteiger partial charge in [0.05, 0.1) is 6.10 Å². The number of hydrogen-bond donors (Lipinski definition) is 1. The number of aliphatic hydroxyl groups excluding tert-OH is 1. The zero-order chi connectivity index (χ0) is 13.5.